The highest BCUT2D eigenvalue weighted by molar-refractivity contribution is 7.88. The van der Waals surface area contributed by atoms with Gasteiger partial charge in [-0.25, -0.2) is 13.1 Å². The SMILES string of the molecule is Cc1cccc(CS(=O)(=O)NCc2ccc3c(c2)CC(=O)N3C)c1. The van der Waals surface area contributed by atoms with Gasteiger partial charge in [0.1, 0.15) is 0 Å². The molecule has 2 aromatic rings. The summed E-state index contributed by atoms with van der Waals surface area (Å²) < 4.78 is 27.1. The molecule has 1 aliphatic rings. The molecule has 24 heavy (non-hydrogen) atoms. The van der Waals surface area contributed by atoms with E-state index in [4.69, 9.17) is 0 Å². The maximum Gasteiger partial charge on any atom is 0.231 e. The van der Waals surface area contributed by atoms with Crippen molar-refractivity contribution >= 4 is 21.6 Å². The first-order valence-corrected chi connectivity index (χ1v) is 9.40. The number of hydrogen-bond acceptors (Lipinski definition) is 3. The molecule has 0 saturated carbocycles. The van der Waals surface area contributed by atoms with E-state index in [1.807, 2.05) is 49.4 Å². The predicted octanol–water partition coefficient (Wildman–Crippen LogP) is 2.13. The van der Waals surface area contributed by atoms with Gasteiger partial charge in [-0.2, -0.15) is 0 Å². The third-order valence-corrected chi connectivity index (χ3v) is 5.45. The molecule has 0 fully saturated rings. The van der Waals surface area contributed by atoms with Gasteiger partial charge in [-0.3, -0.25) is 4.79 Å². The average Bonchev–Trinajstić information content (AvgIpc) is 2.79. The van der Waals surface area contributed by atoms with E-state index < -0.39 is 10.0 Å². The first kappa shape index (κ1) is 16.7. The smallest absolute Gasteiger partial charge is 0.231 e. The summed E-state index contributed by atoms with van der Waals surface area (Å²) in [5.74, 6) is 0.0167. The normalized spacial score (nSPS) is 14.1. The van der Waals surface area contributed by atoms with Crippen molar-refractivity contribution in [2.75, 3.05) is 11.9 Å². The van der Waals surface area contributed by atoms with Crippen molar-refractivity contribution in [3.05, 3.63) is 64.7 Å². The molecule has 0 aliphatic carbocycles. The Kier molecular flexibility index (Phi) is 4.43. The summed E-state index contributed by atoms with van der Waals surface area (Å²) in [5.41, 5.74) is 4.49. The van der Waals surface area contributed by atoms with Crippen LogP contribution < -0.4 is 9.62 Å². The predicted molar refractivity (Wildman–Crippen MR) is 94.2 cm³/mol. The van der Waals surface area contributed by atoms with Crippen LogP contribution in [0.1, 0.15) is 22.3 Å². The number of nitrogens with zero attached hydrogens (tertiary/aromatic N) is 1. The Bertz CT molecular complexity index is 891. The monoisotopic (exact) mass is 344 g/mol. The van der Waals surface area contributed by atoms with Crippen LogP contribution in [-0.2, 0) is 33.5 Å². The van der Waals surface area contributed by atoms with E-state index in [0.29, 0.717) is 6.42 Å². The molecule has 1 amide bonds. The zero-order chi connectivity index (χ0) is 17.3. The lowest BCUT2D eigenvalue weighted by Gasteiger charge is -2.11. The number of hydrogen-bond donors (Lipinski definition) is 1. The van der Waals surface area contributed by atoms with Gasteiger partial charge in [0.25, 0.3) is 0 Å². The Balaban J connectivity index is 1.67. The van der Waals surface area contributed by atoms with Crippen LogP contribution in [0.5, 0.6) is 0 Å². The van der Waals surface area contributed by atoms with Crippen molar-refractivity contribution in [2.24, 2.45) is 0 Å². The zero-order valence-corrected chi connectivity index (χ0v) is 14.6. The lowest BCUT2D eigenvalue weighted by Crippen LogP contribution is -2.24. The number of rotatable bonds is 5. The van der Waals surface area contributed by atoms with E-state index in [9.17, 15) is 13.2 Å². The number of anilines is 1. The number of sulfonamides is 1. The van der Waals surface area contributed by atoms with Crippen LogP contribution in [0.25, 0.3) is 0 Å². The minimum atomic E-state index is -3.41. The Labute approximate surface area is 142 Å². The Hall–Kier alpha value is -2.18. The maximum atomic E-state index is 12.2. The number of carbonyl (C=O) groups is 1. The highest BCUT2D eigenvalue weighted by atomic mass is 32.2. The molecular weight excluding hydrogens is 324 g/mol. The number of benzene rings is 2. The average molecular weight is 344 g/mol. The van der Waals surface area contributed by atoms with Crippen LogP contribution in [0.3, 0.4) is 0 Å². The summed E-state index contributed by atoms with van der Waals surface area (Å²) in [6, 6.07) is 13.1. The third-order valence-electron chi connectivity index (χ3n) is 4.16. The van der Waals surface area contributed by atoms with Crippen LogP contribution in [0.15, 0.2) is 42.5 Å². The van der Waals surface area contributed by atoms with Gasteiger partial charge < -0.3 is 4.90 Å². The summed E-state index contributed by atoms with van der Waals surface area (Å²) in [6.07, 6.45) is 0.371. The van der Waals surface area contributed by atoms with Crippen molar-refractivity contribution in [3.8, 4) is 0 Å². The highest BCUT2D eigenvalue weighted by Gasteiger charge is 2.24. The van der Waals surface area contributed by atoms with Crippen LogP contribution in [0.4, 0.5) is 5.69 Å². The standard InChI is InChI=1S/C18H20N2O3S/c1-13-4-3-5-15(8-13)12-24(22,23)19-11-14-6-7-17-16(9-14)10-18(21)20(17)2/h3-9,19H,10-12H2,1-2H3. The van der Waals surface area contributed by atoms with E-state index >= 15 is 0 Å². The van der Waals surface area contributed by atoms with E-state index in [1.54, 1.807) is 11.9 Å². The second-order valence-electron chi connectivity index (χ2n) is 6.16. The fourth-order valence-electron chi connectivity index (χ4n) is 2.90. The van der Waals surface area contributed by atoms with Crippen molar-refractivity contribution < 1.29 is 13.2 Å². The summed E-state index contributed by atoms with van der Waals surface area (Å²) in [5, 5.41) is 0. The van der Waals surface area contributed by atoms with Crippen LogP contribution in [0, 0.1) is 6.92 Å². The van der Waals surface area contributed by atoms with Crippen molar-refractivity contribution in [2.45, 2.75) is 25.6 Å². The number of aryl methyl sites for hydroxylation is 1. The molecule has 5 nitrogen and oxygen atoms in total. The number of fused-ring (bicyclic) bond motifs is 1. The van der Waals surface area contributed by atoms with Gasteiger partial charge in [0.05, 0.1) is 12.2 Å². The molecule has 0 unspecified atom stereocenters. The van der Waals surface area contributed by atoms with Gasteiger partial charge in [-0.15, -0.1) is 0 Å². The second-order valence-corrected chi connectivity index (χ2v) is 7.97. The molecule has 0 aromatic heterocycles. The second kappa shape index (κ2) is 6.37. The van der Waals surface area contributed by atoms with Gasteiger partial charge in [0, 0.05) is 19.3 Å². The topological polar surface area (TPSA) is 66.5 Å². The number of likely N-dealkylation sites (N-methyl/N-ethyl adjacent to an activating group) is 1. The summed E-state index contributed by atoms with van der Waals surface area (Å²) >= 11 is 0. The first-order valence-electron chi connectivity index (χ1n) is 7.75. The lowest BCUT2D eigenvalue weighted by atomic mass is 10.1. The van der Waals surface area contributed by atoms with Crippen molar-refractivity contribution in [1.29, 1.82) is 0 Å². The molecule has 1 N–H and O–H groups in total. The minimum absolute atomic E-state index is 0.0408. The highest BCUT2D eigenvalue weighted by Crippen LogP contribution is 2.28. The fourth-order valence-corrected chi connectivity index (χ4v) is 4.01. The number of carbonyl (C=O) groups excluding carboxylic acids is 1. The van der Waals surface area contributed by atoms with Gasteiger partial charge in [-0.1, -0.05) is 42.0 Å². The van der Waals surface area contributed by atoms with E-state index in [2.05, 4.69) is 4.72 Å². The molecule has 6 heteroatoms. The van der Waals surface area contributed by atoms with Gasteiger partial charge >= 0.3 is 0 Å². The summed E-state index contributed by atoms with van der Waals surface area (Å²) in [7, 11) is -1.66. The van der Waals surface area contributed by atoms with Crippen LogP contribution in [0.2, 0.25) is 0 Å². The molecule has 1 aliphatic heterocycles. The maximum absolute atomic E-state index is 12.2. The van der Waals surface area contributed by atoms with Gasteiger partial charge in [0.2, 0.25) is 15.9 Å². The molecule has 3 rings (SSSR count). The lowest BCUT2D eigenvalue weighted by molar-refractivity contribution is -0.117. The number of amides is 1. The molecule has 0 bridgehead atoms. The Morgan fingerprint density at radius 2 is 1.92 bits per heavy atom. The Morgan fingerprint density at radius 3 is 2.67 bits per heavy atom. The van der Waals surface area contributed by atoms with E-state index in [1.165, 1.54) is 0 Å². The summed E-state index contributed by atoms with van der Waals surface area (Å²) in [6.45, 7) is 2.16. The van der Waals surface area contributed by atoms with E-state index in [-0.39, 0.29) is 18.2 Å². The fraction of sp³-hybridized carbons (Fsp3) is 0.278. The molecule has 0 spiro atoms. The third kappa shape index (κ3) is 3.66. The largest absolute Gasteiger partial charge is 0.315 e. The van der Waals surface area contributed by atoms with Gasteiger partial charge in [0.15, 0.2) is 0 Å². The molecule has 1 heterocycles. The van der Waals surface area contributed by atoms with Crippen molar-refractivity contribution in [3.63, 3.8) is 0 Å². The number of nitrogens with one attached hydrogen (secondary N) is 1. The molecular formula is C18H20N2O3S. The quantitative estimate of drug-likeness (QED) is 0.904. The molecule has 0 radical (unpaired) electrons. The van der Waals surface area contributed by atoms with Crippen molar-refractivity contribution in [1.82, 2.24) is 4.72 Å². The van der Waals surface area contributed by atoms with Crippen LogP contribution >= 0.6 is 0 Å². The summed E-state index contributed by atoms with van der Waals surface area (Å²) in [4.78, 5) is 13.3. The molecule has 0 atom stereocenters. The Morgan fingerprint density at radius 1 is 1.12 bits per heavy atom. The van der Waals surface area contributed by atoms with Crippen LogP contribution in [-0.4, -0.2) is 21.4 Å². The molecule has 2 aromatic carbocycles. The van der Waals surface area contributed by atoms with E-state index in [0.717, 1.165) is 27.9 Å². The molecule has 126 valence electrons. The zero-order valence-electron chi connectivity index (χ0n) is 13.7. The minimum Gasteiger partial charge on any atom is -0.315 e. The first-order chi connectivity index (χ1) is 11.3. The van der Waals surface area contributed by atoms with Gasteiger partial charge in [-0.05, 0) is 29.7 Å². The molecule has 0 saturated heterocycles.